The summed E-state index contributed by atoms with van der Waals surface area (Å²) in [7, 11) is 4.09. The lowest BCUT2D eigenvalue weighted by atomic mass is 9.93. The van der Waals surface area contributed by atoms with Gasteiger partial charge in [0.1, 0.15) is 5.75 Å². The van der Waals surface area contributed by atoms with Crippen LogP contribution in [0.5, 0.6) is 5.75 Å². The number of hydrogen-bond acceptors (Lipinski definition) is 2. The van der Waals surface area contributed by atoms with E-state index in [4.69, 9.17) is 11.6 Å². The number of benzene rings is 2. The van der Waals surface area contributed by atoms with Crippen molar-refractivity contribution in [1.82, 2.24) is 4.90 Å². The first-order valence-electron chi connectivity index (χ1n) is 6.87. The normalized spacial score (nSPS) is 12.4. The molecule has 0 fully saturated rings. The molecule has 2 nitrogen and oxygen atoms in total. The maximum Gasteiger partial charge on any atom is 0.116 e. The molecule has 0 saturated carbocycles. The molecule has 0 atom stereocenters. The van der Waals surface area contributed by atoms with Crippen molar-refractivity contribution < 1.29 is 5.11 Å². The highest BCUT2D eigenvalue weighted by Crippen LogP contribution is 2.30. The fourth-order valence-electron chi connectivity index (χ4n) is 2.49. The fraction of sp³-hybridized carbons (Fsp3) is 0.222. The lowest BCUT2D eigenvalue weighted by Gasteiger charge is -2.17. The lowest BCUT2D eigenvalue weighted by Crippen LogP contribution is -2.15. The second-order valence-corrected chi connectivity index (χ2v) is 5.89. The minimum atomic E-state index is 0.275. The standard InChI is InChI=1S/C18H20ClNO/c1-13(12-20(2)3)18(14-7-9-16(19)10-8-14)15-5-4-6-17(21)11-15/h4-11,21H,12H2,1-3H3. The number of phenols is 1. The fourth-order valence-corrected chi connectivity index (χ4v) is 2.62. The molecule has 0 heterocycles. The molecule has 3 heteroatoms. The van der Waals surface area contributed by atoms with Gasteiger partial charge in [-0.05, 0) is 62.0 Å². The minimum absolute atomic E-state index is 0.275. The van der Waals surface area contributed by atoms with Crippen LogP contribution in [-0.2, 0) is 0 Å². The predicted molar refractivity (Wildman–Crippen MR) is 89.8 cm³/mol. The molecule has 0 amide bonds. The van der Waals surface area contributed by atoms with Crippen molar-refractivity contribution in [2.75, 3.05) is 20.6 Å². The number of aromatic hydroxyl groups is 1. The number of likely N-dealkylation sites (N-methyl/N-ethyl adjacent to an activating group) is 1. The van der Waals surface area contributed by atoms with Crippen LogP contribution in [0.25, 0.3) is 5.57 Å². The maximum atomic E-state index is 9.76. The van der Waals surface area contributed by atoms with Crippen LogP contribution in [0, 0.1) is 0 Å². The van der Waals surface area contributed by atoms with Crippen molar-refractivity contribution in [3.63, 3.8) is 0 Å². The van der Waals surface area contributed by atoms with Crippen LogP contribution in [0.15, 0.2) is 54.1 Å². The zero-order valence-electron chi connectivity index (χ0n) is 12.6. The van der Waals surface area contributed by atoms with Gasteiger partial charge in [-0.25, -0.2) is 0 Å². The van der Waals surface area contributed by atoms with E-state index in [1.165, 1.54) is 5.57 Å². The Morgan fingerprint density at radius 3 is 2.29 bits per heavy atom. The van der Waals surface area contributed by atoms with Crippen molar-refractivity contribution in [2.24, 2.45) is 0 Å². The van der Waals surface area contributed by atoms with E-state index in [9.17, 15) is 5.11 Å². The minimum Gasteiger partial charge on any atom is -0.508 e. The largest absolute Gasteiger partial charge is 0.508 e. The summed E-state index contributed by atoms with van der Waals surface area (Å²) in [5.41, 5.74) is 4.49. The third-order valence-corrected chi connectivity index (χ3v) is 3.50. The van der Waals surface area contributed by atoms with Gasteiger partial charge in [-0.1, -0.05) is 41.4 Å². The van der Waals surface area contributed by atoms with Crippen molar-refractivity contribution in [3.8, 4) is 5.75 Å². The molecule has 1 N–H and O–H groups in total. The number of rotatable bonds is 4. The van der Waals surface area contributed by atoms with E-state index in [1.807, 2.05) is 50.5 Å². The summed E-state index contributed by atoms with van der Waals surface area (Å²) in [6, 6.07) is 15.2. The van der Waals surface area contributed by atoms with Crippen molar-refractivity contribution in [3.05, 3.63) is 70.3 Å². The van der Waals surface area contributed by atoms with Crippen LogP contribution in [0.4, 0.5) is 0 Å². The Kier molecular flexibility index (Phi) is 5.05. The maximum absolute atomic E-state index is 9.76. The van der Waals surface area contributed by atoms with Crippen LogP contribution in [-0.4, -0.2) is 30.6 Å². The first-order chi connectivity index (χ1) is 9.97. The highest BCUT2D eigenvalue weighted by molar-refractivity contribution is 6.30. The van der Waals surface area contributed by atoms with Gasteiger partial charge in [0.2, 0.25) is 0 Å². The topological polar surface area (TPSA) is 23.5 Å². The highest BCUT2D eigenvalue weighted by atomic mass is 35.5. The zero-order valence-corrected chi connectivity index (χ0v) is 13.4. The lowest BCUT2D eigenvalue weighted by molar-refractivity contribution is 0.446. The summed E-state index contributed by atoms with van der Waals surface area (Å²) in [6.45, 7) is 2.97. The van der Waals surface area contributed by atoms with E-state index in [-0.39, 0.29) is 5.75 Å². The van der Waals surface area contributed by atoms with Crippen molar-refractivity contribution >= 4 is 17.2 Å². The molecule has 2 rings (SSSR count). The Labute approximate surface area is 131 Å². The molecule has 0 aromatic heterocycles. The van der Waals surface area contributed by atoms with E-state index >= 15 is 0 Å². The third-order valence-electron chi connectivity index (χ3n) is 3.25. The molecule has 110 valence electrons. The summed E-state index contributed by atoms with van der Waals surface area (Å²) >= 11 is 5.99. The zero-order chi connectivity index (χ0) is 15.4. The summed E-state index contributed by atoms with van der Waals surface area (Å²) in [4.78, 5) is 2.13. The van der Waals surface area contributed by atoms with E-state index in [2.05, 4.69) is 11.8 Å². The van der Waals surface area contributed by atoms with Crippen molar-refractivity contribution in [1.29, 1.82) is 0 Å². The predicted octanol–water partition coefficient (Wildman–Crippen LogP) is 4.43. The molecule has 21 heavy (non-hydrogen) atoms. The Hall–Kier alpha value is -1.77. The molecule has 0 aliphatic rings. The van der Waals surface area contributed by atoms with Crippen LogP contribution in [0.3, 0.4) is 0 Å². The molecular formula is C18H20ClNO. The molecule has 0 radical (unpaired) electrons. The first kappa shape index (κ1) is 15.6. The molecule has 2 aromatic carbocycles. The van der Waals surface area contributed by atoms with E-state index in [0.717, 1.165) is 28.3 Å². The van der Waals surface area contributed by atoms with Crippen LogP contribution in [0.1, 0.15) is 18.1 Å². The molecule has 0 spiro atoms. The van der Waals surface area contributed by atoms with Gasteiger partial charge in [-0.3, -0.25) is 0 Å². The summed E-state index contributed by atoms with van der Waals surface area (Å²) < 4.78 is 0. The van der Waals surface area contributed by atoms with Gasteiger partial charge in [-0.2, -0.15) is 0 Å². The Morgan fingerprint density at radius 2 is 1.71 bits per heavy atom. The monoisotopic (exact) mass is 301 g/mol. The van der Waals surface area contributed by atoms with Gasteiger partial charge < -0.3 is 10.0 Å². The highest BCUT2D eigenvalue weighted by Gasteiger charge is 2.10. The van der Waals surface area contributed by atoms with Gasteiger partial charge in [0.05, 0.1) is 0 Å². The van der Waals surface area contributed by atoms with Gasteiger partial charge in [0.25, 0.3) is 0 Å². The molecule has 0 aliphatic heterocycles. The van der Waals surface area contributed by atoms with Crippen molar-refractivity contribution in [2.45, 2.75) is 6.92 Å². The van der Waals surface area contributed by atoms with Crippen LogP contribution in [0.2, 0.25) is 5.02 Å². The Bertz CT molecular complexity index is 645. The summed E-state index contributed by atoms with van der Waals surface area (Å²) in [5, 5.41) is 10.5. The first-order valence-corrected chi connectivity index (χ1v) is 7.25. The van der Waals surface area contributed by atoms with Gasteiger partial charge in [-0.15, -0.1) is 0 Å². The SMILES string of the molecule is CC(CN(C)C)=C(c1ccc(Cl)cc1)c1cccc(O)c1. The molecule has 2 aromatic rings. The van der Waals surface area contributed by atoms with Gasteiger partial charge in [0, 0.05) is 11.6 Å². The number of nitrogens with zero attached hydrogens (tertiary/aromatic N) is 1. The molecule has 0 aliphatic carbocycles. The Balaban J connectivity index is 2.56. The third kappa shape index (κ3) is 4.10. The van der Waals surface area contributed by atoms with E-state index < -0.39 is 0 Å². The number of phenolic OH excluding ortho intramolecular Hbond substituents is 1. The number of halogens is 1. The molecule has 0 bridgehead atoms. The smallest absolute Gasteiger partial charge is 0.116 e. The molecule has 0 saturated heterocycles. The average molecular weight is 302 g/mol. The Morgan fingerprint density at radius 1 is 1.05 bits per heavy atom. The van der Waals surface area contributed by atoms with Gasteiger partial charge >= 0.3 is 0 Å². The van der Waals surface area contributed by atoms with Crippen LogP contribution >= 0.6 is 11.6 Å². The average Bonchev–Trinajstić information content (AvgIpc) is 2.40. The second-order valence-electron chi connectivity index (χ2n) is 5.45. The molecular weight excluding hydrogens is 282 g/mol. The van der Waals surface area contributed by atoms with E-state index in [1.54, 1.807) is 12.1 Å². The van der Waals surface area contributed by atoms with Crippen LogP contribution < -0.4 is 0 Å². The number of hydrogen-bond donors (Lipinski definition) is 1. The second kappa shape index (κ2) is 6.79. The molecule has 0 unspecified atom stereocenters. The quantitative estimate of drug-likeness (QED) is 0.903. The van der Waals surface area contributed by atoms with Gasteiger partial charge in [0.15, 0.2) is 0 Å². The summed E-state index contributed by atoms with van der Waals surface area (Å²) in [5.74, 6) is 0.275. The summed E-state index contributed by atoms with van der Waals surface area (Å²) in [6.07, 6.45) is 0. The van der Waals surface area contributed by atoms with E-state index in [0.29, 0.717) is 0 Å².